The Labute approximate surface area is 61.8 Å². The second-order valence-corrected chi connectivity index (χ2v) is 4.04. The standard InChI is InChI=1S/C7H15OS/c1-4-5-6(2)9-7(3)8/h6-7H,4-5H2,1-3H3. The zero-order valence-corrected chi connectivity index (χ0v) is 7.20. The number of rotatable bonds is 4. The molecule has 0 aliphatic carbocycles. The minimum Gasteiger partial charge on any atom is -0.222 e. The fourth-order valence-corrected chi connectivity index (χ4v) is 1.83. The van der Waals surface area contributed by atoms with Crippen molar-refractivity contribution >= 4 is 11.8 Å². The van der Waals surface area contributed by atoms with Gasteiger partial charge in [0.25, 0.3) is 0 Å². The predicted octanol–water partition coefficient (Wildman–Crippen LogP) is 2.68. The summed E-state index contributed by atoms with van der Waals surface area (Å²) in [5.74, 6) is 0. The van der Waals surface area contributed by atoms with Gasteiger partial charge in [-0.05, 0) is 13.3 Å². The fourth-order valence-electron chi connectivity index (χ4n) is 0.802. The molecule has 0 spiro atoms. The quantitative estimate of drug-likeness (QED) is 0.560. The van der Waals surface area contributed by atoms with E-state index >= 15 is 0 Å². The average Bonchev–Trinajstić information content (AvgIpc) is 1.63. The highest BCUT2D eigenvalue weighted by Crippen LogP contribution is 2.19. The van der Waals surface area contributed by atoms with Crippen LogP contribution in [-0.4, -0.2) is 10.7 Å². The van der Waals surface area contributed by atoms with Gasteiger partial charge in [-0.15, -0.1) is 11.8 Å². The van der Waals surface area contributed by atoms with Crippen LogP contribution in [0.15, 0.2) is 0 Å². The molecule has 2 heteroatoms. The molecule has 2 unspecified atom stereocenters. The van der Waals surface area contributed by atoms with Crippen LogP contribution in [0.5, 0.6) is 0 Å². The molecule has 55 valence electrons. The maximum absolute atomic E-state index is 10.6. The molecule has 0 saturated heterocycles. The molecule has 0 amide bonds. The Hall–Kier alpha value is 0.310. The Kier molecular flexibility index (Phi) is 5.30. The minimum absolute atomic E-state index is 0.452. The van der Waals surface area contributed by atoms with Gasteiger partial charge in [-0.2, -0.15) is 0 Å². The lowest BCUT2D eigenvalue weighted by Crippen LogP contribution is -2.01. The average molecular weight is 147 g/mol. The molecule has 0 saturated carbocycles. The molecule has 0 aromatic rings. The molecular formula is C7H15OS. The van der Waals surface area contributed by atoms with E-state index in [2.05, 4.69) is 13.8 Å². The van der Waals surface area contributed by atoms with E-state index < -0.39 is 5.44 Å². The zero-order chi connectivity index (χ0) is 7.28. The molecule has 0 rings (SSSR count). The molecular weight excluding hydrogens is 132 g/mol. The Balaban J connectivity index is 3.15. The fraction of sp³-hybridized carbons (Fsp3) is 1.00. The van der Waals surface area contributed by atoms with Crippen LogP contribution < -0.4 is 0 Å². The summed E-state index contributed by atoms with van der Waals surface area (Å²) in [4.78, 5) is 0. The zero-order valence-electron chi connectivity index (χ0n) is 6.39. The van der Waals surface area contributed by atoms with Gasteiger partial charge >= 0.3 is 0 Å². The van der Waals surface area contributed by atoms with Gasteiger partial charge in [-0.3, -0.25) is 0 Å². The van der Waals surface area contributed by atoms with Crippen LogP contribution in [0.3, 0.4) is 0 Å². The predicted molar refractivity (Wildman–Crippen MR) is 42.1 cm³/mol. The molecule has 0 aromatic carbocycles. The molecule has 0 heterocycles. The molecule has 2 atom stereocenters. The maximum Gasteiger partial charge on any atom is 0.136 e. The lowest BCUT2D eigenvalue weighted by Gasteiger charge is -2.09. The minimum atomic E-state index is -0.452. The van der Waals surface area contributed by atoms with Gasteiger partial charge in [-0.1, -0.05) is 20.3 Å². The third kappa shape index (κ3) is 6.19. The van der Waals surface area contributed by atoms with Gasteiger partial charge in [-0.25, -0.2) is 5.11 Å². The van der Waals surface area contributed by atoms with Crippen molar-refractivity contribution in [2.45, 2.75) is 44.3 Å². The normalized spacial score (nSPS) is 17.3. The molecule has 0 aliphatic heterocycles. The highest BCUT2D eigenvalue weighted by molar-refractivity contribution is 8.00. The summed E-state index contributed by atoms with van der Waals surface area (Å²) in [5.41, 5.74) is -0.452. The largest absolute Gasteiger partial charge is 0.222 e. The third-order valence-electron chi connectivity index (χ3n) is 1.12. The first-order valence-electron chi connectivity index (χ1n) is 3.48. The van der Waals surface area contributed by atoms with E-state index in [1.807, 2.05) is 0 Å². The van der Waals surface area contributed by atoms with Crippen molar-refractivity contribution in [2.75, 3.05) is 0 Å². The van der Waals surface area contributed by atoms with Crippen LogP contribution in [0.25, 0.3) is 0 Å². The van der Waals surface area contributed by atoms with Crippen molar-refractivity contribution in [3.63, 3.8) is 0 Å². The summed E-state index contributed by atoms with van der Waals surface area (Å²) in [6.07, 6.45) is 2.35. The van der Waals surface area contributed by atoms with E-state index in [0.29, 0.717) is 5.25 Å². The second kappa shape index (κ2) is 5.12. The van der Waals surface area contributed by atoms with Crippen LogP contribution in [0.2, 0.25) is 0 Å². The summed E-state index contributed by atoms with van der Waals surface area (Å²) in [5, 5.41) is 11.1. The SMILES string of the molecule is CCCC(C)SC(C)[O]. The van der Waals surface area contributed by atoms with Crippen LogP contribution in [0.4, 0.5) is 0 Å². The lowest BCUT2D eigenvalue weighted by atomic mass is 10.3. The molecule has 9 heavy (non-hydrogen) atoms. The summed E-state index contributed by atoms with van der Waals surface area (Å²) in [6, 6.07) is 0. The maximum atomic E-state index is 10.6. The Morgan fingerprint density at radius 3 is 2.33 bits per heavy atom. The first kappa shape index (κ1) is 9.31. The summed E-state index contributed by atoms with van der Waals surface area (Å²) < 4.78 is 0. The monoisotopic (exact) mass is 147 g/mol. The first-order valence-corrected chi connectivity index (χ1v) is 4.42. The van der Waals surface area contributed by atoms with Crippen LogP contribution in [-0.2, 0) is 5.11 Å². The van der Waals surface area contributed by atoms with Crippen molar-refractivity contribution in [3.05, 3.63) is 0 Å². The van der Waals surface area contributed by atoms with E-state index in [0.717, 1.165) is 6.42 Å². The van der Waals surface area contributed by atoms with Gasteiger partial charge in [0, 0.05) is 5.25 Å². The molecule has 0 fully saturated rings. The number of thioether (sulfide) groups is 1. The highest BCUT2D eigenvalue weighted by atomic mass is 32.2. The molecule has 1 nitrogen and oxygen atoms in total. The van der Waals surface area contributed by atoms with Gasteiger partial charge in [0.15, 0.2) is 0 Å². The van der Waals surface area contributed by atoms with E-state index in [4.69, 9.17) is 0 Å². The molecule has 0 aromatic heterocycles. The summed E-state index contributed by atoms with van der Waals surface area (Å²) in [7, 11) is 0. The van der Waals surface area contributed by atoms with E-state index in [9.17, 15) is 5.11 Å². The second-order valence-electron chi connectivity index (χ2n) is 2.30. The smallest absolute Gasteiger partial charge is 0.136 e. The Morgan fingerprint density at radius 2 is 2.00 bits per heavy atom. The summed E-state index contributed by atoms with van der Waals surface area (Å²) in [6.45, 7) is 5.96. The Bertz CT molecular complexity index is 63.9. The highest BCUT2D eigenvalue weighted by Gasteiger charge is 2.04. The van der Waals surface area contributed by atoms with Gasteiger partial charge in [0.2, 0.25) is 0 Å². The molecule has 0 aliphatic rings. The van der Waals surface area contributed by atoms with Crippen LogP contribution in [0.1, 0.15) is 33.6 Å². The molecule has 0 bridgehead atoms. The summed E-state index contributed by atoms with van der Waals surface area (Å²) >= 11 is 1.52. The van der Waals surface area contributed by atoms with Crippen LogP contribution in [0, 0.1) is 0 Å². The van der Waals surface area contributed by atoms with Crippen molar-refractivity contribution < 1.29 is 5.11 Å². The first-order chi connectivity index (χ1) is 4.16. The van der Waals surface area contributed by atoms with E-state index in [-0.39, 0.29) is 0 Å². The van der Waals surface area contributed by atoms with Crippen molar-refractivity contribution in [1.29, 1.82) is 0 Å². The van der Waals surface area contributed by atoms with E-state index in [1.54, 1.807) is 6.92 Å². The lowest BCUT2D eigenvalue weighted by molar-refractivity contribution is 0.180. The molecule has 1 radical (unpaired) electrons. The number of hydrogen-bond donors (Lipinski definition) is 0. The molecule has 0 N–H and O–H groups in total. The van der Waals surface area contributed by atoms with Crippen LogP contribution >= 0.6 is 11.8 Å². The van der Waals surface area contributed by atoms with Gasteiger partial charge < -0.3 is 0 Å². The van der Waals surface area contributed by atoms with Gasteiger partial charge in [0.1, 0.15) is 5.44 Å². The topological polar surface area (TPSA) is 19.9 Å². The van der Waals surface area contributed by atoms with Gasteiger partial charge in [0.05, 0.1) is 0 Å². The van der Waals surface area contributed by atoms with E-state index in [1.165, 1.54) is 18.2 Å². The van der Waals surface area contributed by atoms with Crippen molar-refractivity contribution in [2.24, 2.45) is 0 Å². The number of hydrogen-bond acceptors (Lipinski definition) is 1. The van der Waals surface area contributed by atoms with Crippen molar-refractivity contribution in [3.8, 4) is 0 Å². The van der Waals surface area contributed by atoms with Crippen molar-refractivity contribution in [1.82, 2.24) is 0 Å². The Morgan fingerprint density at radius 1 is 1.44 bits per heavy atom. The third-order valence-corrected chi connectivity index (χ3v) is 2.20.